The first kappa shape index (κ1) is 11.1. The van der Waals surface area contributed by atoms with E-state index in [-0.39, 0.29) is 5.78 Å². The molecule has 0 heterocycles. The number of ketones is 1. The topological polar surface area (TPSA) is 37.3 Å². The summed E-state index contributed by atoms with van der Waals surface area (Å²) in [5, 5.41) is 9.12. The molecule has 0 saturated heterocycles. The third-order valence-electron chi connectivity index (χ3n) is 1.63. The molecular formula is C10H16O2. The largest absolute Gasteiger partial charge is 0.385 e. The zero-order valence-corrected chi connectivity index (χ0v) is 7.71. The van der Waals surface area contributed by atoms with Crippen LogP contribution in [-0.4, -0.2) is 17.0 Å². The highest BCUT2D eigenvalue weighted by Crippen LogP contribution is 2.04. The minimum absolute atomic E-state index is 0.183. The lowest BCUT2D eigenvalue weighted by Gasteiger charge is -2.02. The third-order valence-corrected chi connectivity index (χ3v) is 1.63. The van der Waals surface area contributed by atoms with E-state index in [2.05, 4.69) is 6.58 Å². The molecule has 2 heteroatoms. The molecular weight excluding hydrogens is 152 g/mol. The number of Topliss-reactive ketones (excluding diaryl/α,β-unsaturated/α-hetero) is 1. The summed E-state index contributed by atoms with van der Waals surface area (Å²) >= 11 is 0. The molecule has 0 unspecified atom stereocenters. The Hall–Kier alpha value is -0.890. The highest BCUT2D eigenvalue weighted by molar-refractivity contribution is 5.80. The zero-order valence-electron chi connectivity index (χ0n) is 7.71. The second-order valence-corrected chi connectivity index (χ2v) is 2.91. The molecule has 0 aromatic rings. The Morgan fingerprint density at radius 2 is 2.17 bits per heavy atom. The van der Waals surface area contributed by atoms with Crippen molar-refractivity contribution in [3.63, 3.8) is 0 Å². The summed E-state index contributed by atoms with van der Waals surface area (Å²) in [5.41, 5.74) is 1.13. The van der Waals surface area contributed by atoms with E-state index in [0.717, 1.165) is 12.0 Å². The molecule has 0 aliphatic heterocycles. The highest BCUT2D eigenvalue weighted by Gasteiger charge is 2.06. The van der Waals surface area contributed by atoms with Crippen molar-refractivity contribution in [3.05, 3.63) is 24.3 Å². The minimum atomic E-state index is -0.843. The van der Waals surface area contributed by atoms with Crippen LogP contribution in [0.4, 0.5) is 0 Å². The zero-order chi connectivity index (χ0) is 9.56. The van der Waals surface area contributed by atoms with E-state index in [0.29, 0.717) is 6.42 Å². The normalized spacial score (nSPS) is 14.1. The van der Waals surface area contributed by atoms with Gasteiger partial charge in [-0.15, -0.1) is 6.58 Å². The number of aliphatic hydroxyl groups excluding tert-OH is 1. The van der Waals surface area contributed by atoms with Crippen LogP contribution in [0.15, 0.2) is 24.3 Å². The van der Waals surface area contributed by atoms with Gasteiger partial charge in [0.2, 0.25) is 0 Å². The Morgan fingerprint density at radius 1 is 1.58 bits per heavy atom. The summed E-state index contributed by atoms with van der Waals surface area (Å²) in [6.07, 6.45) is 4.05. The van der Waals surface area contributed by atoms with Crippen LogP contribution in [0.2, 0.25) is 0 Å². The predicted octanol–water partition coefficient (Wildman–Crippen LogP) is 1.85. The number of aliphatic hydroxyl groups is 1. The molecule has 0 fully saturated rings. The van der Waals surface area contributed by atoms with E-state index in [1.54, 1.807) is 6.08 Å². The molecule has 1 N–H and O–H groups in total. The van der Waals surface area contributed by atoms with Gasteiger partial charge in [0, 0.05) is 0 Å². The summed E-state index contributed by atoms with van der Waals surface area (Å²) in [6, 6.07) is 0. The van der Waals surface area contributed by atoms with Crippen molar-refractivity contribution in [3.8, 4) is 0 Å². The number of carbonyl (C=O) groups excluding carboxylic acids is 1. The van der Waals surface area contributed by atoms with Gasteiger partial charge in [-0.3, -0.25) is 4.79 Å². The van der Waals surface area contributed by atoms with Crippen LogP contribution in [-0.2, 0) is 4.79 Å². The molecule has 0 rings (SSSR count). The summed E-state index contributed by atoms with van der Waals surface area (Å²) in [4.78, 5) is 10.6. The van der Waals surface area contributed by atoms with Crippen LogP contribution < -0.4 is 0 Å². The third kappa shape index (κ3) is 4.85. The van der Waals surface area contributed by atoms with Gasteiger partial charge in [0.1, 0.15) is 6.10 Å². The smallest absolute Gasteiger partial charge is 0.158 e. The predicted molar refractivity (Wildman–Crippen MR) is 49.9 cm³/mol. The lowest BCUT2D eigenvalue weighted by molar-refractivity contribution is -0.124. The van der Waals surface area contributed by atoms with Crippen LogP contribution >= 0.6 is 0 Å². The maximum absolute atomic E-state index is 10.6. The molecule has 2 nitrogen and oxygen atoms in total. The van der Waals surface area contributed by atoms with Crippen molar-refractivity contribution in [2.45, 2.75) is 32.8 Å². The summed E-state index contributed by atoms with van der Waals surface area (Å²) in [6.45, 7) is 6.94. The molecule has 0 aromatic heterocycles. The quantitative estimate of drug-likeness (QED) is 0.636. The van der Waals surface area contributed by atoms with Crippen molar-refractivity contribution in [1.29, 1.82) is 0 Å². The standard InChI is InChI=1S/C10H16O2/c1-4-5-8(2)6-7-10(12)9(3)11/h4,6,10,12H,1,5,7H2,2-3H3/t10-/m0/s1. The summed E-state index contributed by atoms with van der Waals surface area (Å²) < 4.78 is 0. The first-order valence-corrected chi connectivity index (χ1v) is 4.03. The van der Waals surface area contributed by atoms with Crippen molar-refractivity contribution in [2.75, 3.05) is 0 Å². The van der Waals surface area contributed by atoms with Gasteiger partial charge in [0.15, 0.2) is 5.78 Å². The van der Waals surface area contributed by atoms with Crippen LogP contribution in [0.25, 0.3) is 0 Å². The van der Waals surface area contributed by atoms with Crippen molar-refractivity contribution in [1.82, 2.24) is 0 Å². The molecule has 0 aliphatic carbocycles. The second-order valence-electron chi connectivity index (χ2n) is 2.91. The number of hydrogen-bond donors (Lipinski definition) is 1. The molecule has 0 aromatic carbocycles. The highest BCUT2D eigenvalue weighted by atomic mass is 16.3. The van der Waals surface area contributed by atoms with E-state index in [1.165, 1.54) is 6.92 Å². The van der Waals surface area contributed by atoms with Gasteiger partial charge in [-0.25, -0.2) is 0 Å². The Kier molecular flexibility index (Phi) is 5.30. The maximum Gasteiger partial charge on any atom is 0.158 e. The molecule has 0 radical (unpaired) electrons. The van der Waals surface area contributed by atoms with Crippen molar-refractivity contribution >= 4 is 5.78 Å². The number of allylic oxidation sites excluding steroid dienone is 2. The van der Waals surface area contributed by atoms with Gasteiger partial charge in [-0.1, -0.05) is 17.7 Å². The molecule has 0 saturated carbocycles. The monoisotopic (exact) mass is 168 g/mol. The van der Waals surface area contributed by atoms with E-state index < -0.39 is 6.10 Å². The van der Waals surface area contributed by atoms with Crippen LogP contribution in [0, 0.1) is 0 Å². The molecule has 0 spiro atoms. The lowest BCUT2D eigenvalue weighted by Crippen LogP contribution is -2.15. The van der Waals surface area contributed by atoms with Crippen LogP contribution in [0.1, 0.15) is 26.7 Å². The first-order chi connectivity index (χ1) is 5.57. The Labute approximate surface area is 73.6 Å². The van der Waals surface area contributed by atoms with Crippen LogP contribution in [0.5, 0.6) is 0 Å². The fraction of sp³-hybridized carbons (Fsp3) is 0.500. The van der Waals surface area contributed by atoms with E-state index in [4.69, 9.17) is 5.11 Å². The van der Waals surface area contributed by atoms with Crippen molar-refractivity contribution < 1.29 is 9.90 Å². The lowest BCUT2D eigenvalue weighted by atomic mass is 10.1. The van der Waals surface area contributed by atoms with Gasteiger partial charge in [-0.2, -0.15) is 0 Å². The van der Waals surface area contributed by atoms with Crippen molar-refractivity contribution in [2.24, 2.45) is 0 Å². The average molecular weight is 168 g/mol. The SMILES string of the molecule is C=CCC(C)=CC[C@H](O)C(C)=O. The maximum atomic E-state index is 10.6. The molecule has 0 aliphatic rings. The first-order valence-electron chi connectivity index (χ1n) is 4.03. The Morgan fingerprint density at radius 3 is 2.58 bits per heavy atom. The Balaban J connectivity index is 3.86. The summed E-state index contributed by atoms with van der Waals surface area (Å²) in [5.74, 6) is -0.183. The van der Waals surface area contributed by atoms with E-state index in [9.17, 15) is 4.79 Å². The van der Waals surface area contributed by atoms with Gasteiger partial charge in [-0.05, 0) is 26.7 Å². The fourth-order valence-electron chi connectivity index (χ4n) is 0.790. The average Bonchev–Trinajstić information content (AvgIpc) is 2.00. The summed E-state index contributed by atoms with van der Waals surface area (Å²) in [7, 11) is 0. The molecule has 12 heavy (non-hydrogen) atoms. The number of hydrogen-bond acceptors (Lipinski definition) is 2. The van der Waals surface area contributed by atoms with Gasteiger partial charge in [0.25, 0.3) is 0 Å². The van der Waals surface area contributed by atoms with E-state index >= 15 is 0 Å². The Bertz CT molecular complexity index is 192. The van der Waals surface area contributed by atoms with Gasteiger partial charge in [0.05, 0.1) is 0 Å². The van der Waals surface area contributed by atoms with E-state index in [1.807, 2.05) is 13.0 Å². The number of carbonyl (C=O) groups is 1. The fourth-order valence-corrected chi connectivity index (χ4v) is 0.790. The van der Waals surface area contributed by atoms with Crippen LogP contribution in [0.3, 0.4) is 0 Å². The molecule has 0 bridgehead atoms. The second kappa shape index (κ2) is 5.72. The molecule has 68 valence electrons. The molecule has 0 amide bonds. The van der Waals surface area contributed by atoms with Gasteiger partial charge >= 0.3 is 0 Å². The minimum Gasteiger partial charge on any atom is -0.385 e. The number of rotatable bonds is 5. The van der Waals surface area contributed by atoms with Gasteiger partial charge < -0.3 is 5.11 Å². The molecule has 1 atom stereocenters.